The molecule has 0 N–H and O–H groups in total. The van der Waals surface area contributed by atoms with Gasteiger partial charge in [-0.25, -0.2) is 4.98 Å². The van der Waals surface area contributed by atoms with Crippen LogP contribution < -0.4 is 0 Å². The average molecular weight is 389 g/mol. The summed E-state index contributed by atoms with van der Waals surface area (Å²) >= 11 is 12.3. The summed E-state index contributed by atoms with van der Waals surface area (Å²) in [6, 6.07) is 12.7. The molecule has 4 rings (SSSR count). The molecule has 134 valence electrons. The van der Waals surface area contributed by atoms with Crippen LogP contribution in [-0.2, 0) is 6.54 Å². The molecular formula is C20H18Cl2N2O2. The van der Waals surface area contributed by atoms with Gasteiger partial charge in [0.1, 0.15) is 5.52 Å². The van der Waals surface area contributed by atoms with E-state index in [4.69, 9.17) is 27.6 Å². The smallest absolute Gasteiger partial charge is 0.256 e. The Bertz CT molecular complexity index is 948. The van der Waals surface area contributed by atoms with Crippen molar-refractivity contribution in [3.63, 3.8) is 0 Å². The lowest BCUT2D eigenvalue weighted by molar-refractivity contribution is 0.0646. The molecule has 0 aliphatic heterocycles. The number of benzene rings is 2. The van der Waals surface area contributed by atoms with E-state index in [2.05, 4.69) is 4.98 Å². The summed E-state index contributed by atoms with van der Waals surface area (Å²) in [5, 5.41) is 1.07. The average Bonchev–Trinajstić information content (AvgIpc) is 3.28. The van der Waals surface area contributed by atoms with Gasteiger partial charge >= 0.3 is 0 Å². The minimum Gasteiger partial charge on any atom is -0.439 e. The van der Waals surface area contributed by atoms with Crippen LogP contribution in [0, 0.1) is 0 Å². The van der Waals surface area contributed by atoms with Crippen molar-refractivity contribution >= 4 is 40.2 Å². The third-order valence-corrected chi connectivity index (χ3v) is 5.39. The molecule has 0 bridgehead atoms. The van der Waals surface area contributed by atoms with Crippen LogP contribution in [0.15, 0.2) is 46.9 Å². The molecular weight excluding hydrogens is 371 g/mol. The maximum Gasteiger partial charge on any atom is 0.256 e. The standard InChI is InChI=1S/C20H18Cl2N2O2/c21-13-9-10-18-17(11-13)23-19(26-18)12-24(14-5-1-2-6-14)20(25)15-7-3-4-8-16(15)22/h3-4,7-11,14H,1-2,5-6,12H2. The summed E-state index contributed by atoms with van der Waals surface area (Å²) < 4.78 is 5.83. The van der Waals surface area contributed by atoms with Crippen LogP contribution in [0.25, 0.3) is 11.1 Å². The first-order valence-corrected chi connectivity index (χ1v) is 9.48. The van der Waals surface area contributed by atoms with Crippen LogP contribution in [0.2, 0.25) is 10.0 Å². The fourth-order valence-electron chi connectivity index (χ4n) is 3.53. The van der Waals surface area contributed by atoms with E-state index < -0.39 is 0 Å². The molecule has 0 saturated heterocycles. The zero-order chi connectivity index (χ0) is 18.1. The number of carbonyl (C=O) groups excluding carboxylic acids is 1. The maximum absolute atomic E-state index is 13.2. The Morgan fingerprint density at radius 3 is 2.69 bits per heavy atom. The summed E-state index contributed by atoms with van der Waals surface area (Å²) in [5.41, 5.74) is 1.88. The van der Waals surface area contributed by atoms with Crippen LogP contribution in [0.5, 0.6) is 0 Å². The molecule has 1 aliphatic rings. The van der Waals surface area contributed by atoms with Gasteiger partial charge in [0.2, 0.25) is 5.89 Å². The van der Waals surface area contributed by atoms with Gasteiger partial charge in [0.05, 0.1) is 17.1 Å². The second kappa shape index (κ2) is 7.29. The monoisotopic (exact) mass is 388 g/mol. The SMILES string of the molecule is O=C(c1ccccc1Cl)N(Cc1nc2cc(Cl)ccc2o1)C1CCCC1. The van der Waals surface area contributed by atoms with E-state index >= 15 is 0 Å². The molecule has 1 fully saturated rings. The van der Waals surface area contributed by atoms with Crippen molar-refractivity contribution in [2.45, 2.75) is 38.3 Å². The van der Waals surface area contributed by atoms with Gasteiger partial charge in [0.15, 0.2) is 5.58 Å². The minimum atomic E-state index is -0.0808. The molecule has 1 aliphatic carbocycles. The molecule has 2 aromatic carbocycles. The van der Waals surface area contributed by atoms with Crippen molar-refractivity contribution in [3.05, 3.63) is 64.0 Å². The fourth-order valence-corrected chi connectivity index (χ4v) is 3.92. The lowest BCUT2D eigenvalue weighted by Crippen LogP contribution is -2.38. The molecule has 26 heavy (non-hydrogen) atoms. The Kier molecular flexibility index (Phi) is 4.88. The molecule has 4 nitrogen and oxygen atoms in total. The highest BCUT2D eigenvalue weighted by Crippen LogP contribution is 2.29. The van der Waals surface area contributed by atoms with Crippen molar-refractivity contribution in [2.24, 2.45) is 0 Å². The quantitative estimate of drug-likeness (QED) is 0.573. The second-order valence-corrected chi connectivity index (χ2v) is 7.41. The van der Waals surface area contributed by atoms with Gasteiger partial charge in [-0.2, -0.15) is 0 Å². The van der Waals surface area contributed by atoms with Gasteiger partial charge in [0.25, 0.3) is 5.91 Å². The molecule has 1 saturated carbocycles. The lowest BCUT2D eigenvalue weighted by Gasteiger charge is -2.28. The minimum absolute atomic E-state index is 0.0808. The van der Waals surface area contributed by atoms with Gasteiger partial charge in [-0.1, -0.05) is 48.2 Å². The highest BCUT2D eigenvalue weighted by molar-refractivity contribution is 6.33. The Morgan fingerprint density at radius 2 is 1.92 bits per heavy atom. The largest absolute Gasteiger partial charge is 0.439 e. The highest BCUT2D eigenvalue weighted by atomic mass is 35.5. The van der Waals surface area contributed by atoms with Crippen molar-refractivity contribution in [1.82, 2.24) is 9.88 Å². The predicted octanol–water partition coefficient (Wildman–Crippen LogP) is 5.72. The van der Waals surface area contributed by atoms with Gasteiger partial charge in [-0.15, -0.1) is 0 Å². The van der Waals surface area contributed by atoms with Gasteiger partial charge in [-0.3, -0.25) is 4.79 Å². The number of carbonyl (C=O) groups is 1. The fraction of sp³-hybridized carbons (Fsp3) is 0.300. The summed E-state index contributed by atoms with van der Waals surface area (Å²) in [6.45, 7) is 0.320. The first kappa shape index (κ1) is 17.4. The second-order valence-electron chi connectivity index (χ2n) is 6.57. The Labute approximate surface area is 161 Å². The Hall–Kier alpha value is -2.04. The normalized spacial score (nSPS) is 14.8. The van der Waals surface area contributed by atoms with Crippen LogP contribution in [-0.4, -0.2) is 21.8 Å². The molecule has 1 amide bonds. The van der Waals surface area contributed by atoms with Gasteiger partial charge in [0, 0.05) is 11.1 Å². The summed E-state index contributed by atoms with van der Waals surface area (Å²) in [4.78, 5) is 19.5. The number of rotatable bonds is 4. The number of amides is 1. The maximum atomic E-state index is 13.2. The van der Waals surface area contributed by atoms with Crippen molar-refractivity contribution in [2.75, 3.05) is 0 Å². The molecule has 6 heteroatoms. The zero-order valence-electron chi connectivity index (χ0n) is 14.1. The summed E-state index contributed by atoms with van der Waals surface area (Å²) in [7, 11) is 0. The van der Waals surface area contributed by atoms with Gasteiger partial charge in [-0.05, 0) is 43.2 Å². The number of fused-ring (bicyclic) bond motifs is 1. The Morgan fingerprint density at radius 1 is 1.15 bits per heavy atom. The third kappa shape index (κ3) is 3.44. The number of halogens is 2. The zero-order valence-corrected chi connectivity index (χ0v) is 15.6. The number of oxazole rings is 1. The van der Waals surface area contributed by atoms with Crippen LogP contribution >= 0.6 is 23.2 Å². The van der Waals surface area contributed by atoms with E-state index in [-0.39, 0.29) is 11.9 Å². The number of nitrogens with zero attached hydrogens (tertiary/aromatic N) is 2. The van der Waals surface area contributed by atoms with Gasteiger partial charge < -0.3 is 9.32 Å². The first-order valence-electron chi connectivity index (χ1n) is 8.72. The van der Waals surface area contributed by atoms with E-state index in [1.54, 1.807) is 30.3 Å². The molecule has 1 aromatic heterocycles. The Balaban J connectivity index is 1.66. The first-order chi connectivity index (χ1) is 12.6. The number of hydrogen-bond donors (Lipinski definition) is 0. The van der Waals surface area contributed by atoms with Crippen molar-refractivity contribution in [3.8, 4) is 0 Å². The molecule has 0 atom stereocenters. The third-order valence-electron chi connectivity index (χ3n) is 4.83. The predicted molar refractivity (Wildman–Crippen MR) is 103 cm³/mol. The van der Waals surface area contributed by atoms with E-state index in [0.29, 0.717) is 39.1 Å². The number of hydrogen-bond acceptors (Lipinski definition) is 3. The number of aromatic nitrogens is 1. The molecule has 1 heterocycles. The van der Waals surface area contributed by atoms with Crippen LogP contribution in [0.3, 0.4) is 0 Å². The lowest BCUT2D eigenvalue weighted by atomic mass is 10.1. The van der Waals surface area contributed by atoms with E-state index in [0.717, 1.165) is 25.7 Å². The van der Waals surface area contributed by atoms with E-state index in [1.165, 1.54) is 0 Å². The summed E-state index contributed by atoms with van der Waals surface area (Å²) in [6.07, 6.45) is 4.23. The van der Waals surface area contributed by atoms with E-state index in [9.17, 15) is 4.79 Å². The molecule has 0 unspecified atom stereocenters. The van der Waals surface area contributed by atoms with Crippen molar-refractivity contribution < 1.29 is 9.21 Å². The van der Waals surface area contributed by atoms with Crippen LogP contribution in [0.1, 0.15) is 41.9 Å². The molecule has 3 aromatic rings. The molecule has 0 spiro atoms. The van der Waals surface area contributed by atoms with E-state index in [1.807, 2.05) is 17.0 Å². The highest BCUT2D eigenvalue weighted by Gasteiger charge is 2.29. The molecule has 0 radical (unpaired) electrons. The summed E-state index contributed by atoms with van der Waals surface area (Å²) in [5.74, 6) is 0.428. The van der Waals surface area contributed by atoms with Crippen molar-refractivity contribution in [1.29, 1.82) is 0 Å². The topological polar surface area (TPSA) is 46.3 Å². The van der Waals surface area contributed by atoms with Crippen LogP contribution in [0.4, 0.5) is 0 Å².